The Balaban J connectivity index is 1.62. The van der Waals surface area contributed by atoms with Gasteiger partial charge in [-0.25, -0.2) is 9.87 Å². The molecule has 0 unspecified atom stereocenters. The Bertz CT molecular complexity index is 521. The highest BCUT2D eigenvalue weighted by Crippen LogP contribution is 2.38. The molecule has 0 bridgehead atoms. The van der Waals surface area contributed by atoms with Gasteiger partial charge in [0.05, 0.1) is 6.61 Å². The van der Waals surface area contributed by atoms with Crippen molar-refractivity contribution in [2.24, 2.45) is 5.41 Å². The lowest BCUT2D eigenvalue weighted by molar-refractivity contribution is -0.0129. The fraction of sp³-hybridized carbons (Fsp3) is 0.500. The number of hydroxylamine groups is 1. The zero-order chi connectivity index (χ0) is 14.2. The Labute approximate surface area is 116 Å². The topological polar surface area (TPSA) is 61.8 Å². The van der Waals surface area contributed by atoms with Gasteiger partial charge in [0.25, 0.3) is 5.91 Å². The van der Waals surface area contributed by atoms with Crippen LogP contribution in [-0.4, -0.2) is 42.3 Å². The number of rotatable bonds is 3. The number of carbonyl (C=O) groups is 1. The van der Waals surface area contributed by atoms with E-state index in [-0.39, 0.29) is 11.0 Å². The number of hydrogen-bond donors (Lipinski definition) is 2. The largest absolute Gasteiger partial charge is 0.381 e. The second-order valence-electron chi connectivity index (χ2n) is 5.69. The minimum atomic E-state index is -0.707. The number of nitrogens with zero attached hydrogens (tertiary/aromatic N) is 1. The first kappa shape index (κ1) is 13.5. The van der Waals surface area contributed by atoms with Crippen molar-refractivity contribution in [3.63, 3.8) is 0 Å². The van der Waals surface area contributed by atoms with Gasteiger partial charge in [0, 0.05) is 42.8 Å². The van der Waals surface area contributed by atoms with Gasteiger partial charge in [-0.05, 0) is 18.6 Å². The van der Waals surface area contributed by atoms with Gasteiger partial charge in [0.2, 0.25) is 0 Å². The third-order valence-electron chi connectivity index (χ3n) is 4.11. The summed E-state index contributed by atoms with van der Waals surface area (Å²) in [6.07, 6.45) is 1.08. The molecule has 6 heteroatoms. The summed E-state index contributed by atoms with van der Waals surface area (Å²) in [5, 5.41) is 8.52. The number of hydrogen-bond acceptors (Lipinski definition) is 4. The van der Waals surface area contributed by atoms with Crippen LogP contribution in [0.1, 0.15) is 22.3 Å². The predicted octanol–water partition coefficient (Wildman–Crippen LogP) is 1.17. The van der Waals surface area contributed by atoms with Crippen LogP contribution in [-0.2, 0) is 11.3 Å². The van der Waals surface area contributed by atoms with Gasteiger partial charge >= 0.3 is 0 Å². The van der Waals surface area contributed by atoms with Gasteiger partial charge in [-0.1, -0.05) is 6.07 Å². The van der Waals surface area contributed by atoms with Crippen LogP contribution in [0.4, 0.5) is 4.39 Å². The molecular weight excluding hydrogens is 263 g/mol. The first-order valence-corrected chi connectivity index (χ1v) is 6.65. The molecule has 1 aromatic rings. The molecule has 3 rings (SSSR count). The maximum absolute atomic E-state index is 13.9. The number of halogens is 1. The number of ether oxygens (including phenoxy) is 1. The molecular formula is C14H17FN2O3. The molecule has 0 saturated carbocycles. The highest BCUT2D eigenvalue weighted by atomic mass is 19.1. The van der Waals surface area contributed by atoms with Crippen molar-refractivity contribution in [1.82, 2.24) is 10.4 Å². The Morgan fingerprint density at radius 1 is 1.50 bits per heavy atom. The fourth-order valence-corrected chi connectivity index (χ4v) is 3.04. The second-order valence-corrected chi connectivity index (χ2v) is 5.69. The zero-order valence-corrected chi connectivity index (χ0v) is 11.1. The first-order chi connectivity index (χ1) is 9.62. The summed E-state index contributed by atoms with van der Waals surface area (Å²) in [4.78, 5) is 13.4. The molecule has 2 fully saturated rings. The zero-order valence-electron chi connectivity index (χ0n) is 11.1. The molecule has 2 aliphatic heterocycles. The van der Waals surface area contributed by atoms with Gasteiger partial charge in [0.1, 0.15) is 5.82 Å². The van der Waals surface area contributed by atoms with Crippen molar-refractivity contribution in [3.05, 3.63) is 35.1 Å². The number of carbonyl (C=O) groups excluding carboxylic acids is 1. The van der Waals surface area contributed by atoms with Crippen LogP contribution in [0.25, 0.3) is 0 Å². The fourth-order valence-electron chi connectivity index (χ4n) is 3.04. The molecule has 2 N–H and O–H groups in total. The van der Waals surface area contributed by atoms with E-state index in [0.717, 1.165) is 38.8 Å². The predicted molar refractivity (Wildman–Crippen MR) is 68.8 cm³/mol. The highest BCUT2D eigenvalue weighted by molar-refractivity contribution is 5.93. The normalized spacial score (nSPS) is 20.9. The molecule has 2 saturated heterocycles. The van der Waals surface area contributed by atoms with E-state index in [1.165, 1.54) is 11.5 Å². The molecule has 0 aromatic heterocycles. The van der Waals surface area contributed by atoms with E-state index in [2.05, 4.69) is 4.90 Å². The third-order valence-corrected chi connectivity index (χ3v) is 4.11. The summed E-state index contributed by atoms with van der Waals surface area (Å²) in [6, 6.07) is 4.25. The van der Waals surface area contributed by atoms with Crippen molar-refractivity contribution in [2.45, 2.75) is 13.0 Å². The van der Waals surface area contributed by atoms with E-state index in [1.807, 2.05) is 0 Å². The van der Waals surface area contributed by atoms with E-state index < -0.39 is 11.7 Å². The van der Waals surface area contributed by atoms with Crippen LogP contribution in [0.15, 0.2) is 18.2 Å². The molecule has 0 aliphatic carbocycles. The lowest BCUT2D eigenvalue weighted by Gasteiger charge is -2.47. The van der Waals surface area contributed by atoms with E-state index in [4.69, 9.17) is 9.94 Å². The minimum absolute atomic E-state index is 0.109. The van der Waals surface area contributed by atoms with Gasteiger partial charge in [-0.15, -0.1) is 0 Å². The summed E-state index contributed by atoms with van der Waals surface area (Å²) in [5.41, 5.74) is 2.45. The molecule has 2 heterocycles. The van der Waals surface area contributed by atoms with Crippen LogP contribution in [0.2, 0.25) is 0 Å². The maximum atomic E-state index is 13.9. The Morgan fingerprint density at radius 3 is 2.90 bits per heavy atom. The maximum Gasteiger partial charge on any atom is 0.274 e. The highest BCUT2D eigenvalue weighted by Gasteiger charge is 2.45. The number of nitrogens with one attached hydrogen (secondary N) is 1. The smallest absolute Gasteiger partial charge is 0.274 e. The van der Waals surface area contributed by atoms with Crippen LogP contribution in [0, 0.1) is 11.2 Å². The van der Waals surface area contributed by atoms with Gasteiger partial charge in [0.15, 0.2) is 0 Å². The third kappa shape index (κ3) is 2.42. The first-order valence-electron chi connectivity index (χ1n) is 6.65. The van der Waals surface area contributed by atoms with E-state index >= 15 is 0 Å². The van der Waals surface area contributed by atoms with Crippen LogP contribution in [0.5, 0.6) is 0 Å². The summed E-state index contributed by atoms with van der Waals surface area (Å²) in [5.74, 6) is -1.13. The molecule has 0 radical (unpaired) electrons. The lowest BCUT2D eigenvalue weighted by Crippen LogP contribution is -2.56. The molecule has 108 valence electrons. The number of likely N-dealkylation sites (tertiary alicyclic amines) is 1. The summed E-state index contributed by atoms with van der Waals surface area (Å²) in [6.45, 7) is 4.04. The van der Waals surface area contributed by atoms with Crippen molar-refractivity contribution in [1.29, 1.82) is 0 Å². The van der Waals surface area contributed by atoms with Gasteiger partial charge in [-0.2, -0.15) is 0 Å². The van der Waals surface area contributed by atoms with Crippen molar-refractivity contribution < 1.29 is 19.1 Å². The van der Waals surface area contributed by atoms with Crippen molar-refractivity contribution >= 4 is 5.91 Å². The van der Waals surface area contributed by atoms with Crippen molar-refractivity contribution in [2.75, 3.05) is 26.3 Å². The Hall–Kier alpha value is -1.50. The van der Waals surface area contributed by atoms with E-state index in [1.54, 1.807) is 6.07 Å². The van der Waals surface area contributed by atoms with Crippen molar-refractivity contribution in [3.8, 4) is 0 Å². The summed E-state index contributed by atoms with van der Waals surface area (Å²) >= 11 is 0. The van der Waals surface area contributed by atoms with Crippen LogP contribution < -0.4 is 5.48 Å². The molecule has 2 aliphatic rings. The summed E-state index contributed by atoms with van der Waals surface area (Å²) in [7, 11) is 0. The average Bonchev–Trinajstić information content (AvgIpc) is 2.89. The van der Waals surface area contributed by atoms with E-state index in [9.17, 15) is 9.18 Å². The average molecular weight is 280 g/mol. The van der Waals surface area contributed by atoms with Crippen LogP contribution in [0.3, 0.4) is 0 Å². The monoisotopic (exact) mass is 280 g/mol. The molecule has 1 spiro atoms. The number of amides is 1. The van der Waals surface area contributed by atoms with Gasteiger partial charge < -0.3 is 4.74 Å². The molecule has 5 nitrogen and oxygen atoms in total. The summed E-state index contributed by atoms with van der Waals surface area (Å²) < 4.78 is 19.3. The molecule has 0 atom stereocenters. The molecule has 1 amide bonds. The Morgan fingerprint density at radius 2 is 2.30 bits per heavy atom. The molecule has 1 aromatic carbocycles. The van der Waals surface area contributed by atoms with Crippen LogP contribution >= 0.6 is 0 Å². The standard InChI is InChI=1S/C14H17FN2O3/c15-12-5-10(13(18)16-19)1-2-11(12)6-17-7-14(8-17)3-4-20-9-14/h1-2,5,19H,3-4,6-9H2,(H,16,18). The van der Waals surface area contributed by atoms with E-state index in [0.29, 0.717) is 12.1 Å². The lowest BCUT2D eigenvalue weighted by atomic mass is 9.79. The Kier molecular flexibility index (Phi) is 3.45. The minimum Gasteiger partial charge on any atom is -0.381 e. The number of benzene rings is 1. The SMILES string of the molecule is O=C(NO)c1ccc(CN2CC3(CCOC3)C2)c(F)c1. The quantitative estimate of drug-likeness (QED) is 0.644. The molecule has 20 heavy (non-hydrogen) atoms. The van der Waals surface area contributed by atoms with Gasteiger partial charge in [-0.3, -0.25) is 14.9 Å². The second kappa shape index (κ2) is 5.12.